The first-order valence-corrected chi connectivity index (χ1v) is 10.4. The molecule has 32 heavy (non-hydrogen) atoms. The predicted octanol–water partition coefficient (Wildman–Crippen LogP) is 2.17. The Morgan fingerprint density at radius 1 is 1.22 bits per heavy atom. The fraction of sp³-hybridized carbons (Fsp3) is 0.261. The maximum Gasteiger partial charge on any atom is 0.263 e. The zero-order chi connectivity index (χ0) is 22.1. The molecule has 9 heteroatoms. The average Bonchev–Trinajstić information content (AvgIpc) is 3.35. The molecule has 3 heterocycles. The van der Waals surface area contributed by atoms with Gasteiger partial charge in [-0.2, -0.15) is 0 Å². The summed E-state index contributed by atoms with van der Waals surface area (Å²) in [6, 6.07) is 13.0. The lowest BCUT2D eigenvalue weighted by molar-refractivity contribution is -0.136. The number of para-hydroxylation sites is 1. The number of piperazine rings is 1. The van der Waals surface area contributed by atoms with Crippen molar-refractivity contribution in [2.24, 2.45) is 10.1 Å². The summed E-state index contributed by atoms with van der Waals surface area (Å²) in [6.45, 7) is 2.69. The number of oxime groups is 1. The van der Waals surface area contributed by atoms with Gasteiger partial charge in [-0.15, -0.1) is 0 Å². The van der Waals surface area contributed by atoms with Crippen LogP contribution in [-0.4, -0.2) is 72.2 Å². The standard InChI is InChI=1S/C23H23N5O4/c1-31-14-6-7-18-16(12-14)20(23(30)26-18)22-21(15-4-2-3-5-17(15)25-22)27-32-13-19(29)28-10-8-24-9-11-28/h2-7,12,24,26,30H,8-11,13H2,1H3. The second kappa shape index (κ2) is 8.35. The van der Waals surface area contributed by atoms with Gasteiger partial charge in [0.15, 0.2) is 12.5 Å². The lowest BCUT2D eigenvalue weighted by Gasteiger charge is -2.26. The SMILES string of the molecule is COc1ccc2[nH]c(O)c(C3=Nc4ccccc4C3=NOCC(=O)N3CCNCC3)c2c1. The number of hydrogen-bond acceptors (Lipinski definition) is 7. The molecule has 0 unspecified atom stereocenters. The van der Waals surface area contributed by atoms with Gasteiger partial charge < -0.3 is 29.9 Å². The number of H-pyrrole nitrogens is 1. The highest BCUT2D eigenvalue weighted by Crippen LogP contribution is 2.36. The van der Waals surface area contributed by atoms with Crippen LogP contribution in [0.2, 0.25) is 0 Å². The van der Waals surface area contributed by atoms with E-state index in [9.17, 15) is 9.90 Å². The van der Waals surface area contributed by atoms with Crippen molar-refractivity contribution in [3.8, 4) is 11.6 Å². The number of rotatable bonds is 5. The summed E-state index contributed by atoms with van der Waals surface area (Å²) in [7, 11) is 1.59. The second-order valence-electron chi connectivity index (χ2n) is 7.58. The van der Waals surface area contributed by atoms with Crippen molar-refractivity contribution in [1.82, 2.24) is 15.2 Å². The summed E-state index contributed by atoms with van der Waals surface area (Å²) >= 11 is 0. The molecule has 3 aromatic rings. The van der Waals surface area contributed by atoms with Crippen LogP contribution in [0.25, 0.3) is 10.9 Å². The van der Waals surface area contributed by atoms with Crippen LogP contribution in [0.5, 0.6) is 11.6 Å². The zero-order valence-electron chi connectivity index (χ0n) is 17.6. The van der Waals surface area contributed by atoms with E-state index in [-0.39, 0.29) is 18.4 Å². The van der Waals surface area contributed by atoms with Crippen molar-refractivity contribution < 1.29 is 19.5 Å². The van der Waals surface area contributed by atoms with Crippen LogP contribution in [0.1, 0.15) is 11.1 Å². The Kier molecular flexibility index (Phi) is 5.24. The number of fused-ring (bicyclic) bond motifs is 2. The highest BCUT2D eigenvalue weighted by molar-refractivity contribution is 6.58. The predicted molar refractivity (Wildman–Crippen MR) is 121 cm³/mol. The molecule has 0 spiro atoms. The minimum absolute atomic E-state index is 0.0237. The van der Waals surface area contributed by atoms with Crippen LogP contribution in [0.3, 0.4) is 0 Å². The number of ether oxygens (including phenoxy) is 1. The second-order valence-corrected chi connectivity index (χ2v) is 7.58. The van der Waals surface area contributed by atoms with Gasteiger partial charge in [0.25, 0.3) is 5.91 Å². The van der Waals surface area contributed by atoms with Crippen molar-refractivity contribution in [2.45, 2.75) is 0 Å². The number of carbonyl (C=O) groups excluding carboxylic acids is 1. The maximum absolute atomic E-state index is 12.4. The minimum Gasteiger partial charge on any atom is -0.497 e. The summed E-state index contributed by atoms with van der Waals surface area (Å²) in [5.74, 6) is 0.523. The first kappa shape index (κ1) is 20.1. The minimum atomic E-state index is -0.160. The Balaban J connectivity index is 1.49. The Morgan fingerprint density at radius 3 is 2.84 bits per heavy atom. The highest BCUT2D eigenvalue weighted by atomic mass is 16.6. The number of benzene rings is 2. The molecule has 2 aliphatic rings. The number of amides is 1. The van der Waals surface area contributed by atoms with E-state index in [1.165, 1.54) is 0 Å². The molecule has 1 amide bonds. The highest BCUT2D eigenvalue weighted by Gasteiger charge is 2.29. The quantitative estimate of drug-likeness (QED) is 0.534. The first-order valence-electron chi connectivity index (χ1n) is 10.4. The number of aromatic nitrogens is 1. The fourth-order valence-corrected chi connectivity index (χ4v) is 4.02. The summed E-state index contributed by atoms with van der Waals surface area (Å²) < 4.78 is 5.35. The Bertz CT molecular complexity index is 1240. The largest absolute Gasteiger partial charge is 0.497 e. The number of methoxy groups -OCH3 is 1. The van der Waals surface area contributed by atoms with Gasteiger partial charge >= 0.3 is 0 Å². The molecule has 0 atom stereocenters. The topological polar surface area (TPSA) is 112 Å². The molecule has 0 bridgehead atoms. The van der Waals surface area contributed by atoms with Gasteiger partial charge in [0.05, 0.1) is 18.4 Å². The molecule has 9 nitrogen and oxygen atoms in total. The number of nitrogens with one attached hydrogen (secondary N) is 2. The number of carbonyl (C=O) groups is 1. The molecule has 2 aliphatic heterocycles. The van der Waals surface area contributed by atoms with Crippen molar-refractivity contribution in [3.05, 3.63) is 53.6 Å². The third kappa shape index (κ3) is 3.56. The third-order valence-electron chi connectivity index (χ3n) is 5.65. The van der Waals surface area contributed by atoms with Crippen LogP contribution in [0.15, 0.2) is 52.6 Å². The zero-order valence-corrected chi connectivity index (χ0v) is 17.6. The van der Waals surface area contributed by atoms with E-state index < -0.39 is 0 Å². The van der Waals surface area contributed by atoms with Crippen molar-refractivity contribution in [1.29, 1.82) is 0 Å². The smallest absolute Gasteiger partial charge is 0.263 e. The van der Waals surface area contributed by atoms with Gasteiger partial charge in [-0.05, 0) is 24.3 Å². The Hall–Kier alpha value is -3.85. The van der Waals surface area contributed by atoms with E-state index in [0.717, 1.165) is 35.2 Å². The number of nitrogens with zero attached hydrogens (tertiary/aromatic N) is 3. The fourth-order valence-electron chi connectivity index (χ4n) is 4.02. The molecule has 164 valence electrons. The maximum atomic E-state index is 12.4. The average molecular weight is 433 g/mol. The van der Waals surface area contributed by atoms with E-state index in [0.29, 0.717) is 35.8 Å². The van der Waals surface area contributed by atoms with Gasteiger partial charge in [0, 0.05) is 42.6 Å². The lowest BCUT2D eigenvalue weighted by atomic mass is 10.0. The van der Waals surface area contributed by atoms with Gasteiger partial charge in [-0.3, -0.25) is 4.79 Å². The lowest BCUT2D eigenvalue weighted by Crippen LogP contribution is -2.47. The number of aromatic hydroxyl groups is 1. The molecule has 5 rings (SSSR count). The van der Waals surface area contributed by atoms with Crippen molar-refractivity contribution in [2.75, 3.05) is 39.9 Å². The molecule has 2 aromatic carbocycles. The van der Waals surface area contributed by atoms with E-state index in [1.807, 2.05) is 42.5 Å². The molecule has 3 N–H and O–H groups in total. The van der Waals surface area contributed by atoms with Crippen LogP contribution >= 0.6 is 0 Å². The summed E-state index contributed by atoms with van der Waals surface area (Å²) in [5.41, 5.74) is 3.67. The van der Waals surface area contributed by atoms with Gasteiger partial charge in [-0.25, -0.2) is 4.99 Å². The van der Waals surface area contributed by atoms with E-state index in [4.69, 9.17) is 14.6 Å². The van der Waals surface area contributed by atoms with Gasteiger partial charge in [0.1, 0.15) is 17.2 Å². The van der Waals surface area contributed by atoms with Crippen LogP contribution in [-0.2, 0) is 9.63 Å². The normalized spacial score (nSPS) is 16.8. The van der Waals surface area contributed by atoms with Crippen LogP contribution in [0, 0.1) is 0 Å². The van der Waals surface area contributed by atoms with Gasteiger partial charge in [0.2, 0.25) is 0 Å². The van der Waals surface area contributed by atoms with Crippen LogP contribution < -0.4 is 10.1 Å². The summed E-state index contributed by atoms with van der Waals surface area (Å²) in [4.78, 5) is 27.4. The molecule has 1 fully saturated rings. The molecule has 1 aromatic heterocycles. The third-order valence-corrected chi connectivity index (χ3v) is 5.65. The number of aromatic amines is 1. The Morgan fingerprint density at radius 2 is 2.03 bits per heavy atom. The van der Waals surface area contributed by atoms with Gasteiger partial charge in [-0.1, -0.05) is 23.4 Å². The van der Waals surface area contributed by atoms with E-state index in [1.54, 1.807) is 12.0 Å². The van der Waals surface area contributed by atoms with E-state index >= 15 is 0 Å². The summed E-state index contributed by atoms with van der Waals surface area (Å²) in [6.07, 6.45) is 0. The Labute approximate surface area is 184 Å². The van der Waals surface area contributed by atoms with Crippen molar-refractivity contribution in [3.63, 3.8) is 0 Å². The summed E-state index contributed by atoms with van der Waals surface area (Å²) in [5, 5.41) is 19.0. The number of aliphatic imine (C=N–C) groups is 1. The molecule has 0 radical (unpaired) electrons. The molecule has 1 saturated heterocycles. The van der Waals surface area contributed by atoms with Crippen molar-refractivity contribution >= 4 is 33.9 Å². The monoisotopic (exact) mass is 433 g/mol. The molecule has 0 saturated carbocycles. The number of hydrogen-bond donors (Lipinski definition) is 3. The molecule has 0 aliphatic carbocycles. The molecular formula is C23H23N5O4. The van der Waals surface area contributed by atoms with E-state index in [2.05, 4.69) is 15.5 Å². The molecular weight excluding hydrogens is 410 g/mol. The first-order chi connectivity index (χ1) is 15.7. The van der Waals surface area contributed by atoms with Crippen LogP contribution in [0.4, 0.5) is 5.69 Å².